The van der Waals surface area contributed by atoms with Crippen LogP contribution in [0.25, 0.3) is 5.57 Å². The molecule has 1 aromatic heterocycles. The van der Waals surface area contributed by atoms with E-state index in [0.717, 1.165) is 30.2 Å². The third-order valence-corrected chi connectivity index (χ3v) is 3.98. The van der Waals surface area contributed by atoms with Gasteiger partial charge in [-0.05, 0) is 49.0 Å². The zero-order chi connectivity index (χ0) is 15.0. The largest absolute Gasteiger partial charge is 0.337 e. The summed E-state index contributed by atoms with van der Waals surface area (Å²) in [5, 5.41) is 0. The van der Waals surface area contributed by atoms with Crippen LogP contribution in [0.2, 0.25) is 0 Å². The van der Waals surface area contributed by atoms with Gasteiger partial charge in [0.15, 0.2) is 16.4 Å². The molecule has 0 spiro atoms. The number of hydrogen-bond donors (Lipinski definition) is 2. The van der Waals surface area contributed by atoms with Gasteiger partial charge in [-0.1, -0.05) is 6.08 Å². The molecule has 21 heavy (non-hydrogen) atoms. The predicted octanol–water partition coefficient (Wildman–Crippen LogP) is 4.53. The lowest BCUT2D eigenvalue weighted by Crippen LogP contribution is -2.06. The van der Waals surface area contributed by atoms with E-state index in [4.69, 9.17) is 12.2 Å². The molecule has 0 aliphatic heterocycles. The number of halogens is 3. The molecular weight excluding hydrogens is 297 g/mol. The SMILES string of the molecule is Fc1cc(F)c(C2=CCCC2Cc2c[nH]c(=S)[nH]2)cc1F. The fraction of sp³-hybridized carbons (Fsp3) is 0.267. The molecule has 1 aromatic carbocycles. The molecule has 0 saturated heterocycles. The van der Waals surface area contributed by atoms with Gasteiger partial charge in [0, 0.05) is 23.5 Å². The number of benzene rings is 1. The van der Waals surface area contributed by atoms with Crippen molar-refractivity contribution in [3.63, 3.8) is 0 Å². The van der Waals surface area contributed by atoms with Crippen LogP contribution in [-0.2, 0) is 6.42 Å². The van der Waals surface area contributed by atoms with Crippen LogP contribution in [-0.4, -0.2) is 9.97 Å². The highest BCUT2D eigenvalue weighted by atomic mass is 32.1. The van der Waals surface area contributed by atoms with Gasteiger partial charge in [-0.3, -0.25) is 0 Å². The highest BCUT2D eigenvalue weighted by Gasteiger charge is 2.24. The molecule has 1 aliphatic carbocycles. The van der Waals surface area contributed by atoms with Crippen LogP contribution in [0.3, 0.4) is 0 Å². The van der Waals surface area contributed by atoms with E-state index < -0.39 is 17.5 Å². The van der Waals surface area contributed by atoms with Crippen LogP contribution < -0.4 is 0 Å². The van der Waals surface area contributed by atoms with Crippen LogP contribution in [0.15, 0.2) is 24.4 Å². The molecule has 1 heterocycles. The van der Waals surface area contributed by atoms with Gasteiger partial charge < -0.3 is 9.97 Å². The highest BCUT2D eigenvalue weighted by Crippen LogP contribution is 2.37. The first-order valence-corrected chi connectivity index (χ1v) is 7.07. The minimum atomic E-state index is -1.17. The van der Waals surface area contributed by atoms with Crippen LogP contribution in [0.5, 0.6) is 0 Å². The van der Waals surface area contributed by atoms with Crippen molar-refractivity contribution in [2.45, 2.75) is 19.3 Å². The average Bonchev–Trinajstić information content (AvgIpc) is 3.04. The van der Waals surface area contributed by atoms with E-state index in [2.05, 4.69) is 9.97 Å². The van der Waals surface area contributed by atoms with Gasteiger partial charge in [0.05, 0.1) is 0 Å². The van der Waals surface area contributed by atoms with Crippen LogP contribution >= 0.6 is 12.2 Å². The Labute approximate surface area is 124 Å². The standard InChI is InChI=1S/C15H13F3N2S/c16-12-6-14(18)13(17)5-11(12)10-3-1-2-8(10)4-9-7-19-15(21)20-9/h3,5-8H,1-2,4H2,(H2,19,20,21). The fourth-order valence-electron chi connectivity index (χ4n) is 2.79. The van der Waals surface area contributed by atoms with Crippen molar-refractivity contribution in [1.29, 1.82) is 0 Å². The lowest BCUT2D eigenvalue weighted by atomic mass is 9.91. The molecule has 0 fully saturated rings. The van der Waals surface area contributed by atoms with Gasteiger partial charge >= 0.3 is 0 Å². The molecule has 0 saturated carbocycles. The molecule has 0 radical (unpaired) electrons. The molecule has 2 aromatic rings. The van der Waals surface area contributed by atoms with E-state index in [9.17, 15) is 13.2 Å². The minimum Gasteiger partial charge on any atom is -0.337 e. The quantitative estimate of drug-likeness (QED) is 0.633. The number of imidazole rings is 1. The predicted molar refractivity (Wildman–Crippen MR) is 76.7 cm³/mol. The van der Waals surface area contributed by atoms with Gasteiger partial charge in [-0.15, -0.1) is 0 Å². The first-order valence-electron chi connectivity index (χ1n) is 6.66. The van der Waals surface area contributed by atoms with Crippen molar-refractivity contribution in [3.8, 4) is 0 Å². The van der Waals surface area contributed by atoms with Crippen molar-refractivity contribution < 1.29 is 13.2 Å². The lowest BCUT2D eigenvalue weighted by molar-refractivity contribution is 0.492. The maximum atomic E-state index is 13.9. The zero-order valence-corrected chi connectivity index (χ0v) is 11.9. The van der Waals surface area contributed by atoms with E-state index in [1.807, 2.05) is 6.08 Å². The topological polar surface area (TPSA) is 31.6 Å². The van der Waals surface area contributed by atoms with E-state index in [1.165, 1.54) is 0 Å². The molecule has 1 aliphatic rings. The Bertz CT molecular complexity index is 761. The van der Waals surface area contributed by atoms with Crippen LogP contribution in [0.1, 0.15) is 24.1 Å². The number of nitrogens with one attached hydrogen (secondary N) is 2. The average molecular weight is 310 g/mol. The summed E-state index contributed by atoms with van der Waals surface area (Å²) in [7, 11) is 0. The summed E-state index contributed by atoms with van der Waals surface area (Å²) in [6.45, 7) is 0. The zero-order valence-electron chi connectivity index (χ0n) is 11.1. The Morgan fingerprint density at radius 2 is 1.90 bits per heavy atom. The molecule has 1 atom stereocenters. The molecule has 0 bridgehead atoms. The first kappa shape index (κ1) is 14.1. The summed E-state index contributed by atoms with van der Waals surface area (Å²) in [4.78, 5) is 5.90. The second kappa shape index (κ2) is 5.52. The molecule has 6 heteroatoms. The normalized spacial score (nSPS) is 18.0. The van der Waals surface area contributed by atoms with Gasteiger partial charge in [-0.25, -0.2) is 13.2 Å². The maximum Gasteiger partial charge on any atom is 0.174 e. The minimum absolute atomic E-state index is 0.0609. The smallest absolute Gasteiger partial charge is 0.174 e. The first-order chi connectivity index (χ1) is 10.0. The molecule has 0 amide bonds. The number of H-pyrrole nitrogens is 2. The molecule has 1 unspecified atom stereocenters. The van der Waals surface area contributed by atoms with Crippen molar-refractivity contribution in [2.75, 3.05) is 0 Å². The van der Waals surface area contributed by atoms with Crippen molar-refractivity contribution in [3.05, 3.63) is 57.9 Å². The summed E-state index contributed by atoms with van der Waals surface area (Å²) < 4.78 is 40.9. The van der Waals surface area contributed by atoms with E-state index >= 15 is 0 Å². The van der Waals surface area contributed by atoms with E-state index in [1.54, 1.807) is 6.20 Å². The lowest BCUT2D eigenvalue weighted by Gasteiger charge is -2.15. The number of aromatic nitrogens is 2. The Morgan fingerprint density at radius 1 is 1.14 bits per heavy atom. The Morgan fingerprint density at radius 3 is 2.62 bits per heavy atom. The molecular formula is C15H13F3N2S. The van der Waals surface area contributed by atoms with E-state index in [0.29, 0.717) is 17.3 Å². The van der Waals surface area contributed by atoms with Gasteiger partial charge in [-0.2, -0.15) is 0 Å². The Balaban J connectivity index is 1.90. The van der Waals surface area contributed by atoms with Crippen molar-refractivity contribution in [1.82, 2.24) is 9.97 Å². The fourth-order valence-corrected chi connectivity index (χ4v) is 2.98. The van der Waals surface area contributed by atoms with Gasteiger partial charge in [0.1, 0.15) is 5.82 Å². The third-order valence-electron chi connectivity index (χ3n) is 3.76. The maximum absolute atomic E-state index is 13.9. The Hall–Kier alpha value is -1.82. The summed E-state index contributed by atoms with van der Waals surface area (Å²) in [5.74, 6) is -2.86. The van der Waals surface area contributed by atoms with Crippen molar-refractivity contribution >= 4 is 17.8 Å². The summed E-state index contributed by atoms with van der Waals surface area (Å²) in [6.07, 6.45) is 5.96. The second-order valence-corrected chi connectivity index (χ2v) is 5.56. The number of aromatic amines is 2. The Kier molecular flexibility index (Phi) is 3.71. The second-order valence-electron chi connectivity index (χ2n) is 5.15. The highest BCUT2D eigenvalue weighted by molar-refractivity contribution is 7.71. The van der Waals surface area contributed by atoms with Crippen LogP contribution in [0.4, 0.5) is 13.2 Å². The number of allylic oxidation sites excluding steroid dienone is 2. The summed E-state index contributed by atoms with van der Waals surface area (Å²) in [6, 6.07) is 1.54. The van der Waals surface area contributed by atoms with E-state index in [-0.39, 0.29) is 11.5 Å². The number of rotatable bonds is 3. The molecule has 2 N–H and O–H groups in total. The monoisotopic (exact) mass is 310 g/mol. The van der Waals surface area contributed by atoms with Crippen molar-refractivity contribution in [2.24, 2.45) is 5.92 Å². The number of hydrogen-bond acceptors (Lipinski definition) is 1. The third kappa shape index (κ3) is 2.81. The summed E-state index contributed by atoms with van der Waals surface area (Å²) >= 11 is 4.97. The van der Waals surface area contributed by atoms with Gasteiger partial charge in [0.2, 0.25) is 0 Å². The van der Waals surface area contributed by atoms with Gasteiger partial charge in [0.25, 0.3) is 0 Å². The molecule has 3 rings (SSSR count). The summed E-state index contributed by atoms with van der Waals surface area (Å²) in [5.41, 5.74) is 1.79. The molecule has 110 valence electrons. The van der Waals surface area contributed by atoms with Crippen LogP contribution in [0, 0.1) is 28.1 Å². The molecule has 2 nitrogen and oxygen atoms in total.